The Kier molecular flexibility index (Phi) is 12.3. The molecule has 1 aromatic rings. The molecule has 1 aromatic heterocycles. The van der Waals surface area contributed by atoms with Crippen LogP contribution in [0.4, 0.5) is 0 Å². The molecule has 1 fully saturated rings. The van der Waals surface area contributed by atoms with Gasteiger partial charge in [0.2, 0.25) is 5.91 Å². The molecule has 2 rings (SSSR count). The summed E-state index contributed by atoms with van der Waals surface area (Å²) in [4.78, 5) is 18.0. The smallest absolute Gasteiger partial charge is 0.243 e. The van der Waals surface area contributed by atoms with Crippen molar-refractivity contribution in [2.24, 2.45) is 10.9 Å². The van der Waals surface area contributed by atoms with E-state index in [2.05, 4.69) is 29.5 Å². The van der Waals surface area contributed by atoms with Gasteiger partial charge in [-0.3, -0.25) is 4.79 Å². The number of aliphatic imine (C=N–C) groups is 1. The van der Waals surface area contributed by atoms with E-state index in [4.69, 9.17) is 9.15 Å². The van der Waals surface area contributed by atoms with E-state index < -0.39 is 0 Å². The Morgan fingerprint density at radius 2 is 2.10 bits per heavy atom. The molecule has 2 unspecified atom stereocenters. The fourth-order valence-electron chi connectivity index (χ4n) is 3.50. The van der Waals surface area contributed by atoms with E-state index in [0.29, 0.717) is 24.5 Å². The van der Waals surface area contributed by atoms with Gasteiger partial charge in [-0.15, -0.1) is 24.0 Å². The number of likely N-dealkylation sites (N-methyl/N-ethyl adjacent to an activating group) is 1. The zero-order valence-electron chi connectivity index (χ0n) is 18.1. The molecular weight excluding hydrogens is 483 g/mol. The van der Waals surface area contributed by atoms with Crippen molar-refractivity contribution in [2.75, 3.05) is 33.8 Å². The van der Waals surface area contributed by atoms with Crippen molar-refractivity contribution in [1.29, 1.82) is 0 Å². The van der Waals surface area contributed by atoms with Crippen LogP contribution in [0.1, 0.15) is 45.3 Å². The second-order valence-corrected chi connectivity index (χ2v) is 7.56. The molecule has 7 nitrogen and oxygen atoms in total. The highest BCUT2D eigenvalue weighted by Gasteiger charge is 2.28. The van der Waals surface area contributed by atoms with E-state index in [1.165, 1.54) is 0 Å². The van der Waals surface area contributed by atoms with Crippen molar-refractivity contribution in [3.8, 4) is 0 Å². The number of amides is 1. The van der Waals surface area contributed by atoms with Crippen LogP contribution in [0, 0.1) is 5.92 Å². The van der Waals surface area contributed by atoms with Crippen LogP contribution in [0.25, 0.3) is 0 Å². The van der Waals surface area contributed by atoms with E-state index in [1.54, 1.807) is 25.3 Å². The minimum atomic E-state index is -0.0194. The third-order valence-corrected chi connectivity index (χ3v) is 5.35. The zero-order chi connectivity index (χ0) is 20.4. The van der Waals surface area contributed by atoms with E-state index in [-0.39, 0.29) is 42.5 Å². The number of nitrogens with zero attached hydrogens (tertiary/aromatic N) is 2. The second-order valence-electron chi connectivity index (χ2n) is 7.56. The van der Waals surface area contributed by atoms with Gasteiger partial charge in [0.1, 0.15) is 12.3 Å². The normalized spacial score (nSPS) is 19.6. The first-order chi connectivity index (χ1) is 13.5. The molecule has 166 valence electrons. The van der Waals surface area contributed by atoms with Crippen LogP contribution in [-0.2, 0) is 16.0 Å². The summed E-state index contributed by atoms with van der Waals surface area (Å²) in [5.41, 5.74) is 0. The molecule has 1 saturated heterocycles. The number of halogens is 1. The van der Waals surface area contributed by atoms with Crippen LogP contribution in [-0.4, -0.2) is 62.7 Å². The fraction of sp³-hybridized carbons (Fsp3) is 0.714. The highest BCUT2D eigenvalue weighted by atomic mass is 127. The number of hydrogen-bond donors (Lipinski definition) is 2. The Morgan fingerprint density at radius 1 is 1.34 bits per heavy atom. The number of hydrogen-bond acceptors (Lipinski definition) is 4. The van der Waals surface area contributed by atoms with E-state index >= 15 is 0 Å². The number of rotatable bonds is 9. The van der Waals surface area contributed by atoms with Crippen LogP contribution < -0.4 is 10.6 Å². The van der Waals surface area contributed by atoms with Gasteiger partial charge >= 0.3 is 0 Å². The maximum atomic E-state index is 11.9. The summed E-state index contributed by atoms with van der Waals surface area (Å²) in [7, 11) is 3.49. The van der Waals surface area contributed by atoms with Crippen molar-refractivity contribution < 1.29 is 13.9 Å². The predicted octanol–water partition coefficient (Wildman–Crippen LogP) is 3.05. The summed E-state index contributed by atoms with van der Waals surface area (Å²) in [5, 5.41) is 6.86. The standard InChI is InChI=1S/C21H36N4O3.HI/c1-5-16(6-2)19-14-17(10-13-28-19)24-21(23-15-20(26)25(3)4)22-11-9-18-8-7-12-27-18;/h7-8,12,16-17,19H,5-6,9-11,13-15H2,1-4H3,(H2,22,23,24);1H. The summed E-state index contributed by atoms with van der Waals surface area (Å²) >= 11 is 0. The maximum Gasteiger partial charge on any atom is 0.243 e. The molecule has 0 spiro atoms. The molecular formula is C21H37IN4O3. The molecule has 1 aliphatic rings. The Labute approximate surface area is 192 Å². The summed E-state index contributed by atoms with van der Waals surface area (Å²) < 4.78 is 11.4. The predicted molar refractivity (Wildman–Crippen MR) is 127 cm³/mol. The number of ether oxygens (including phenoxy) is 1. The fourth-order valence-corrected chi connectivity index (χ4v) is 3.50. The van der Waals surface area contributed by atoms with E-state index in [9.17, 15) is 4.79 Å². The van der Waals surface area contributed by atoms with Crippen molar-refractivity contribution in [2.45, 2.75) is 58.1 Å². The Balaban J connectivity index is 0.00000420. The van der Waals surface area contributed by atoms with Gasteiger partial charge < -0.3 is 24.7 Å². The van der Waals surface area contributed by atoms with Gasteiger partial charge in [-0.25, -0.2) is 4.99 Å². The summed E-state index contributed by atoms with van der Waals surface area (Å²) in [6, 6.07) is 4.14. The highest BCUT2D eigenvalue weighted by Crippen LogP contribution is 2.25. The Hall–Kier alpha value is -1.29. The quantitative estimate of drug-likeness (QED) is 0.297. The first-order valence-corrected chi connectivity index (χ1v) is 10.4. The zero-order valence-corrected chi connectivity index (χ0v) is 20.5. The van der Waals surface area contributed by atoms with Crippen molar-refractivity contribution >= 4 is 35.8 Å². The molecule has 0 radical (unpaired) electrons. The van der Waals surface area contributed by atoms with Crippen molar-refractivity contribution in [3.05, 3.63) is 24.2 Å². The molecule has 2 N–H and O–H groups in total. The molecule has 2 atom stereocenters. The van der Waals surface area contributed by atoms with Crippen molar-refractivity contribution in [1.82, 2.24) is 15.5 Å². The van der Waals surface area contributed by atoms with Crippen LogP contribution in [0.15, 0.2) is 27.8 Å². The molecule has 1 aliphatic heterocycles. The van der Waals surface area contributed by atoms with Gasteiger partial charge in [0.25, 0.3) is 0 Å². The van der Waals surface area contributed by atoms with Crippen LogP contribution in [0.5, 0.6) is 0 Å². The van der Waals surface area contributed by atoms with Crippen LogP contribution >= 0.6 is 24.0 Å². The molecule has 0 aliphatic carbocycles. The number of furan rings is 1. The average Bonchev–Trinajstić information content (AvgIpc) is 3.20. The summed E-state index contributed by atoms with van der Waals surface area (Å²) in [5.74, 6) is 2.18. The van der Waals surface area contributed by atoms with Gasteiger partial charge in [-0.1, -0.05) is 26.7 Å². The molecule has 0 aromatic carbocycles. The lowest BCUT2D eigenvalue weighted by Crippen LogP contribution is -2.49. The van der Waals surface area contributed by atoms with Crippen LogP contribution in [0.2, 0.25) is 0 Å². The summed E-state index contributed by atoms with van der Waals surface area (Å²) in [6.07, 6.45) is 6.90. The van der Waals surface area contributed by atoms with E-state index in [1.807, 2.05) is 12.1 Å². The molecule has 8 heteroatoms. The van der Waals surface area contributed by atoms with Gasteiger partial charge in [0, 0.05) is 39.7 Å². The van der Waals surface area contributed by atoms with Gasteiger partial charge in [0.15, 0.2) is 5.96 Å². The van der Waals surface area contributed by atoms with E-state index in [0.717, 1.165) is 44.5 Å². The Bertz CT molecular complexity index is 603. The lowest BCUT2D eigenvalue weighted by Gasteiger charge is -2.35. The SMILES string of the molecule is CCC(CC)C1CC(NC(=NCC(=O)N(C)C)NCCc2ccco2)CCO1.I. The number of carbonyl (C=O) groups is 1. The molecule has 1 amide bonds. The average molecular weight is 520 g/mol. The third-order valence-electron chi connectivity index (χ3n) is 5.35. The minimum Gasteiger partial charge on any atom is -0.469 e. The minimum absolute atomic E-state index is 0. The second kappa shape index (κ2) is 13.8. The third kappa shape index (κ3) is 8.94. The van der Waals surface area contributed by atoms with Crippen LogP contribution in [0.3, 0.4) is 0 Å². The lowest BCUT2D eigenvalue weighted by molar-refractivity contribution is -0.127. The van der Waals surface area contributed by atoms with Crippen molar-refractivity contribution in [3.63, 3.8) is 0 Å². The number of guanidine groups is 1. The van der Waals surface area contributed by atoms with Gasteiger partial charge in [-0.2, -0.15) is 0 Å². The van der Waals surface area contributed by atoms with Gasteiger partial charge in [0.05, 0.1) is 12.4 Å². The molecule has 29 heavy (non-hydrogen) atoms. The maximum absolute atomic E-state index is 11.9. The summed E-state index contributed by atoms with van der Waals surface area (Å²) in [6.45, 7) is 6.03. The topological polar surface area (TPSA) is 79.1 Å². The molecule has 0 saturated carbocycles. The first-order valence-electron chi connectivity index (χ1n) is 10.4. The van der Waals surface area contributed by atoms with Gasteiger partial charge in [-0.05, 0) is 30.9 Å². The molecule has 0 bridgehead atoms. The lowest BCUT2D eigenvalue weighted by atomic mass is 9.89. The Morgan fingerprint density at radius 3 is 2.72 bits per heavy atom. The molecule has 2 heterocycles. The first kappa shape index (κ1) is 25.7. The monoisotopic (exact) mass is 520 g/mol. The highest BCUT2D eigenvalue weighted by molar-refractivity contribution is 14.0. The number of carbonyl (C=O) groups excluding carboxylic acids is 1. The largest absolute Gasteiger partial charge is 0.469 e. The number of nitrogens with one attached hydrogen (secondary N) is 2.